The predicted octanol–water partition coefficient (Wildman–Crippen LogP) is 2.83. The summed E-state index contributed by atoms with van der Waals surface area (Å²) in [4.78, 5) is 62.9. The maximum atomic E-state index is 13.0. The number of aliphatic hydroxyl groups is 1. The largest absolute Gasteiger partial charge is 0.386 e. The number of carbonyl (C=O) groups excluding carboxylic acids is 3. The van der Waals surface area contributed by atoms with E-state index in [0.29, 0.717) is 52.5 Å². The van der Waals surface area contributed by atoms with Gasteiger partial charge in [-0.05, 0) is 56.7 Å². The molecule has 0 spiro atoms. The Morgan fingerprint density at radius 1 is 1.12 bits per heavy atom. The first-order valence-electron chi connectivity index (χ1n) is 14.4. The first kappa shape index (κ1) is 27.1. The van der Waals surface area contributed by atoms with Gasteiger partial charge >= 0.3 is 6.03 Å². The Morgan fingerprint density at radius 3 is 2.65 bits per heavy atom. The molecule has 13 heteroatoms. The van der Waals surface area contributed by atoms with E-state index in [-0.39, 0.29) is 42.6 Å². The van der Waals surface area contributed by atoms with Gasteiger partial charge in [-0.2, -0.15) is 0 Å². The zero-order chi connectivity index (χ0) is 30.0. The second-order valence-corrected chi connectivity index (χ2v) is 11.7. The molecule has 3 fully saturated rings. The Morgan fingerprint density at radius 2 is 1.93 bits per heavy atom. The molecule has 1 saturated heterocycles. The summed E-state index contributed by atoms with van der Waals surface area (Å²) < 4.78 is 1.86. The van der Waals surface area contributed by atoms with Gasteiger partial charge in [0.25, 0.3) is 0 Å². The Bertz CT molecular complexity index is 1800. The third kappa shape index (κ3) is 5.20. The van der Waals surface area contributed by atoms with Crippen LogP contribution in [0.4, 0.5) is 16.3 Å². The summed E-state index contributed by atoms with van der Waals surface area (Å²) in [7, 11) is 1.47. The minimum Gasteiger partial charge on any atom is -0.386 e. The number of hydrogen-bond donors (Lipinski definition) is 2. The van der Waals surface area contributed by atoms with E-state index in [4.69, 9.17) is 4.98 Å². The number of urea groups is 1. The van der Waals surface area contributed by atoms with Gasteiger partial charge in [-0.15, -0.1) is 0 Å². The highest BCUT2D eigenvalue weighted by Crippen LogP contribution is 2.46. The summed E-state index contributed by atoms with van der Waals surface area (Å²) in [6, 6.07) is 4.96. The van der Waals surface area contributed by atoms with Crippen molar-refractivity contribution in [1.29, 1.82) is 0 Å². The summed E-state index contributed by atoms with van der Waals surface area (Å²) in [5, 5.41) is 14.0. The molecule has 5 heterocycles. The maximum absolute atomic E-state index is 13.0. The molecule has 3 atom stereocenters. The molecule has 0 aromatic carbocycles. The molecule has 1 unspecified atom stereocenters. The number of rotatable bonds is 8. The molecular formula is C30H31N9O4. The van der Waals surface area contributed by atoms with Crippen molar-refractivity contribution in [3.05, 3.63) is 71.1 Å². The Labute approximate surface area is 247 Å². The van der Waals surface area contributed by atoms with Gasteiger partial charge in [-0.25, -0.2) is 29.7 Å². The molecule has 0 bridgehead atoms. The van der Waals surface area contributed by atoms with E-state index in [1.807, 2.05) is 35.9 Å². The molecule has 7 rings (SSSR count). The molecule has 13 nitrogen and oxygen atoms in total. The van der Waals surface area contributed by atoms with Gasteiger partial charge < -0.3 is 14.8 Å². The molecule has 43 heavy (non-hydrogen) atoms. The smallest absolute Gasteiger partial charge is 0.331 e. The van der Waals surface area contributed by atoms with Gasteiger partial charge in [0.2, 0.25) is 11.8 Å². The van der Waals surface area contributed by atoms with Gasteiger partial charge in [0.15, 0.2) is 5.65 Å². The lowest BCUT2D eigenvalue weighted by Gasteiger charge is -2.17. The SMILES string of the molecule is Cc1ccnc([C@H]2C[C@@H]2C(=O)Nc2cc(C(O)Cc3cn4cc(C5CC5)cc(N5CC(=O)N(C)C5=O)c4n3)nc(C)n2)n1. The molecule has 4 amide bonds. The molecule has 2 aliphatic carbocycles. The molecule has 3 aliphatic rings. The van der Waals surface area contributed by atoms with Crippen LogP contribution in [0.15, 0.2) is 36.8 Å². The fourth-order valence-electron chi connectivity index (χ4n) is 5.64. The molecule has 220 valence electrons. The number of nitrogens with zero attached hydrogens (tertiary/aromatic N) is 8. The summed E-state index contributed by atoms with van der Waals surface area (Å²) in [5.41, 5.74) is 4.00. The zero-order valence-corrected chi connectivity index (χ0v) is 24.1. The summed E-state index contributed by atoms with van der Waals surface area (Å²) in [6.07, 6.45) is 7.47. The highest BCUT2D eigenvalue weighted by atomic mass is 16.3. The number of fused-ring (bicyclic) bond motifs is 1. The van der Waals surface area contributed by atoms with Gasteiger partial charge in [-0.1, -0.05) is 0 Å². The lowest BCUT2D eigenvalue weighted by molar-refractivity contribution is -0.124. The van der Waals surface area contributed by atoms with Gasteiger partial charge in [0.05, 0.1) is 17.1 Å². The van der Waals surface area contributed by atoms with Crippen LogP contribution in [-0.2, 0) is 16.0 Å². The number of aryl methyl sites for hydroxylation is 2. The molecular weight excluding hydrogens is 550 g/mol. The number of aromatic nitrogens is 6. The zero-order valence-electron chi connectivity index (χ0n) is 24.1. The van der Waals surface area contributed by atoms with E-state index in [1.165, 1.54) is 11.9 Å². The lowest BCUT2D eigenvalue weighted by Crippen LogP contribution is -2.30. The number of amides is 4. The Kier molecular flexibility index (Phi) is 6.42. The number of imide groups is 1. The van der Waals surface area contributed by atoms with Crippen LogP contribution in [0.25, 0.3) is 5.65 Å². The fraction of sp³-hybridized carbons (Fsp3) is 0.400. The van der Waals surface area contributed by atoms with Crippen molar-refractivity contribution < 1.29 is 19.5 Å². The van der Waals surface area contributed by atoms with Crippen LogP contribution >= 0.6 is 0 Å². The van der Waals surface area contributed by atoms with Crippen LogP contribution in [0.5, 0.6) is 0 Å². The summed E-state index contributed by atoms with van der Waals surface area (Å²) in [5.74, 6) is 1.10. The van der Waals surface area contributed by atoms with Crippen molar-refractivity contribution in [2.24, 2.45) is 5.92 Å². The standard InChI is InChI=1S/C30H31N9O4/c1-15-6-7-31-27(32-15)20-10-21(20)29(42)36-25-11-22(33-16(2)34-25)24(40)9-19-13-38-12-18(17-4-5-17)8-23(28(38)35-19)39-14-26(41)37(3)30(39)43/h6-8,11-13,17,20-21,24,40H,4-5,9-10,14H2,1-3H3,(H,33,34,36,42)/t20-,21-,24?/m0/s1. The number of carbonyl (C=O) groups is 3. The topological polar surface area (TPSA) is 159 Å². The summed E-state index contributed by atoms with van der Waals surface area (Å²) >= 11 is 0. The van der Waals surface area contributed by atoms with Crippen LogP contribution < -0.4 is 10.2 Å². The molecule has 4 aromatic rings. The number of likely N-dealkylation sites (N-methyl/N-ethyl adjacent to an activating group) is 1. The van der Waals surface area contributed by atoms with E-state index in [9.17, 15) is 19.5 Å². The highest BCUT2D eigenvalue weighted by Gasteiger charge is 2.46. The molecule has 0 radical (unpaired) electrons. The molecule has 2 saturated carbocycles. The number of nitrogens with one attached hydrogen (secondary N) is 1. The number of imidazole rings is 1. The number of pyridine rings is 1. The van der Waals surface area contributed by atoms with Crippen molar-refractivity contribution in [2.45, 2.75) is 57.5 Å². The summed E-state index contributed by atoms with van der Waals surface area (Å²) in [6.45, 7) is 3.55. The van der Waals surface area contributed by atoms with Crippen molar-refractivity contribution in [1.82, 2.24) is 34.2 Å². The van der Waals surface area contributed by atoms with E-state index in [0.717, 1.165) is 29.0 Å². The van der Waals surface area contributed by atoms with Crippen LogP contribution in [0.3, 0.4) is 0 Å². The molecule has 2 N–H and O–H groups in total. The normalized spacial score (nSPS) is 20.7. The van der Waals surface area contributed by atoms with Crippen molar-refractivity contribution in [2.75, 3.05) is 23.8 Å². The van der Waals surface area contributed by atoms with Crippen LogP contribution in [0.2, 0.25) is 0 Å². The van der Waals surface area contributed by atoms with Gasteiger partial charge in [-0.3, -0.25) is 19.4 Å². The number of anilines is 2. The van der Waals surface area contributed by atoms with Crippen molar-refractivity contribution in [3.8, 4) is 0 Å². The minimum absolute atomic E-state index is 0.0253. The Hall–Kier alpha value is -4.78. The van der Waals surface area contributed by atoms with Gasteiger partial charge in [0, 0.05) is 55.7 Å². The van der Waals surface area contributed by atoms with E-state index in [2.05, 4.69) is 25.3 Å². The second kappa shape index (κ2) is 10.2. The van der Waals surface area contributed by atoms with Crippen LogP contribution in [0, 0.1) is 19.8 Å². The predicted molar refractivity (Wildman–Crippen MR) is 154 cm³/mol. The highest BCUT2D eigenvalue weighted by molar-refractivity contribution is 6.13. The molecule has 4 aromatic heterocycles. The average Bonchev–Trinajstić information content (AvgIpc) is 3.89. The second-order valence-electron chi connectivity index (χ2n) is 11.7. The maximum Gasteiger partial charge on any atom is 0.331 e. The van der Waals surface area contributed by atoms with Crippen molar-refractivity contribution in [3.63, 3.8) is 0 Å². The fourth-order valence-corrected chi connectivity index (χ4v) is 5.64. The van der Waals surface area contributed by atoms with Crippen molar-refractivity contribution >= 4 is 35.0 Å². The monoisotopic (exact) mass is 581 g/mol. The van der Waals surface area contributed by atoms with Crippen LogP contribution in [-0.4, -0.2) is 70.8 Å². The van der Waals surface area contributed by atoms with Crippen LogP contribution in [0.1, 0.15) is 71.5 Å². The molecule has 1 aliphatic heterocycles. The number of aliphatic hydroxyl groups excluding tert-OH is 1. The minimum atomic E-state index is -1.02. The third-order valence-electron chi connectivity index (χ3n) is 8.25. The third-order valence-corrected chi connectivity index (χ3v) is 8.25. The van der Waals surface area contributed by atoms with E-state index < -0.39 is 6.10 Å². The quantitative estimate of drug-likeness (QED) is 0.298. The first-order valence-corrected chi connectivity index (χ1v) is 14.4. The Balaban J connectivity index is 1.10. The number of hydrogen-bond acceptors (Lipinski definition) is 9. The van der Waals surface area contributed by atoms with E-state index >= 15 is 0 Å². The lowest BCUT2D eigenvalue weighted by atomic mass is 10.1. The average molecular weight is 582 g/mol. The van der Waals surface area contributed by atoms with E-state index in [1.54, 1.807) is 19.2 Å². The van der Waals surface area contributed by atoms with Gasteiger partial charge in [0.1, 0.15) is 30.1 Å². The first-order chi connectivity index (χ1) is 20.6.